The van der Waals surface area contributed by atoms with E-state index in [9.17, 15) is 14.4 Å². The molecule has 192 valence electrons. The Balaban J connectivity index is 1.93. The van der Waals surface area contributed by atoms with Crippen molar-refractivity contribution in [3.8, 4) is 23.3 Å². The van der Waals surface area contributed by atoms with E-state index in [1.54, 1.807) is 36.4 Å². The SMILES string of the molecule is CCOc1ccc(N(CCC#N)C(=O)COC(=O)CNC(=O)c2ccc(OCC)c(OCC)c2)cc1. The van der Waals surface area contributed by atoms with Gasteiger partial charge in [0, 0.05) is 17.8 Å². The van der Waals surface area contributed by atoms with Gasteiger partial charge in [0.1, 0.15) is 12.3 Å². The highest BCUT2D eigenvalue weighted by atomic mass is 16.5. The van der Waals surface area contributed by atoms with Crippen LogP contribution in [0, 0.1) is 11.3 Å². The Hall–Kier alpha value is -4.26. The molecule has 10 heteroatoms. The van der Waals surface area contributed by atoms with Gasteiger partial charge in [0.25, 0.3) is 11.8 Å². The molecule has 0 spiro atoms. The molecule has 36 heavy (non-hydrogen) atoms. The summed E-state index contributed by atoms with van der Waals surface area (Å²) in [5.41, 5.74) is 0.826. The molecule has 0 aliphatic carbocycles. The van der Waals surface area contributed by atoms with Crippen molar-refractivity contribution in [2.45, 2.75) is 27.2 Å². The number of carbonyl (C=O) groups is 3. The van der Waals surface area contributed by atoms with Crippen molar-refractivity contribution in [3.05, 3.63) is 48.0 Å². The molecule has 0 aliphatic heterocycles. The molecule has 0 saturated heterocycles. The molecule has 0 bridgehead atoms. The second-order valence-corrected chi connectivity index (χ2v) is 7.25. The molecular weight excluding hydrogens is 466 g/mol. The lowest BCUT2D eigenvalue weighted by Crippen LogP contribution is -2.37. The fraction of sp³-hybridized carbons (Fsp3) is 0.385. The lowest BCUT2D eigenvalue weighted by Gasteiger charge is -2.22. The fourth-order valence-electron chi connectivity index (χ4n) is 3.17. The summed E-state index contributed by atoms with van der Waals surface area (Å²) in [5, 5.41) is 11.4. The number of ether oxygens (including phenoxy) is 4. The minimum absolute atomic E-state index is 0.106. The summed E-state index contributed by atoms with van der Waals surface area (Å²) in [4.78, 5) is 38.7. The highest BCUT2D eigenvalue weighted by Gasteiger charge is 2.19. The first-order valence-corrected chi connectivity index (χ1v) is 11.7. The van der Waals surface area contributed by atoms with Crippen LogP contribution in [0.3, 0.4) is 0 Å². The number of hydrogen-bond acceptors (Lipinski definition) is 8. The minimum Gasteiger partial charge on any atom is -0.494 e. The average Bonchev–Trinajstić information content (AvgIpc) is 2.88. The van der Waals surface area contributed by atoms with Gasteiger partial charge in [-0.05, 0) is 63.2 Å². The molecular formula is C26H31N3O7. The van der Waals surface area contributed by atoms with Gasteiger partial charge in [-0.15, -0.1) is 0 Å². The van der Waals surface area contributed by atoms with Gasteiger partial charge in [-0.1, -0.05) is 0 Å². The Morgan fingerprint density at radius 3 is 2.22 bits per heavy atom. The number of rotatable bonds is 14. The van der Waals surface area contributed by atoms with Crippen molar-refractivity contribution in [3.63, 3.8) is 0 Å². The Labute approximate surface area is 210 Å². The molecule has 10 nitrogen and oxygen atoms in total. The molecule has 0 unspecified atom stereocenters. The molecule has 2 aromatic rings. The lowest BCUT2D eigenvalue weighted by atomic mass is 10.2. The average molecular weight is 498 g/mol. The summed E-state index contributed by atoms with van der Waals surface area (Å²) < 4.78 is 21.4. The molecule has 0 aromatic heterocycles. The number of nitrogens with zero attached hydrogens (tertiary/aromatic N) is 2. The van der Waals surface area contributed by atoms with E-state index in [1.165, 1.54) is 11.0 Å². The maximum atomic E-state index is 12.7. The van der Waals surface area contributed by atoms with Gasteiger partial charge >= 0.3 is 5.97 Å². The molecule has 2 aromatic carbocycles. The first-order valence-electron chi connectivity index (χ1n) is 11.7. The van der Waals surface area contributed by atoms with Crippen molar-refractivity contribution in [2.24, 2.45) is 0 Å². The predicted molar refractivity (Wildman–Crippen MR) is 132 cm³/mol. The van der Waals surface area contributed by atoms with Crippen molar-refractivity contribution in [2.75, 3.05) is 44.4 Å². The number of hydrogen-bond donors (Lipinski definition) is 1. The highest BCUT2D eigenvalue weighted by molar-refractivity contribution is 5.97. The van der Waals surface area contributed by atoms with Gasteiger partial charge in [-0.25, -0.2) is 0 Å². The van der Waals surface area contributed by atoms with Gasteiger partial charge in [0.05, 0.1) is 32.3 Å². The van der Waals surface area contributed by atoms with Gasteiger partial charge in [0.15, 0.2) is 18.1 Å². The second-order valence-electron chi connectivity index (χ2n) is 7.25. The first-order chi connectivity index (χ1) is 17.4. The Bertz CT molecular complexity index is 1060. The van der Waals surface area contributed by atoms with Crippen LogP contribution in [0.25, 0.3) is 0 Å². The van der Waals surface area contributed by atoms with Gasteiger partial charge in [-0.3, -0.25) is 14.4 Å². The van der Waals surface area contributed by atoms with Gasteiger partial charge in [0.2, 0.25) is 0 Å². The van der Waals surface area contributed by atoms with Crippen LogP contribution >= 0.6 is 0 Å². The number of esters is 1. The number of anilines is 1. The van der Waals surface area contributed by atoms with Crippen LogP contribution in [0.1, 0.15) is 37.6 Å². The zero-order valence-electron chi connectivity index (χ0n) is 20.7. The van der Waals surface area contributed by atoms with Crippen molar-refractivity contribution < 1.29 is 33.3 Å². The van der Waals surface area contributed by atoms with Crippen LogP contribution in [-0.4, -0.2) is 57.3 Å². The number of nitriles is 1. The number of amides is 2. The zero-order valence-corrected chi connectivity index (χ0v) is 20.7. The van der Waals surface area contributed by atoms with Crippen LogP contribution in [0.5, 0.6) is 17.2 Å². The molecule has 0 saturated carbocycles. The molecule has 0 fully saturated rings. The van der Waals surface area contributed by atoms with Crippen molar-refractivity contribution in [1.82, 2.24) is 5.32 Å². The standard InChI is InChI=1S/C26H31N3O7/c1-4-33-21-11-9-20(10-12-21)29(15-7-14-27)24(30)18-36-25(31)17-28-26(32)19-8-13-22(34-5-2)23(16-19)35-6-3/h8-13,16H,4-7,15,17-18H2,1-3H3,(H,28,32). The smallest absolute Gasteiger partial charge is 0.325 e. The van der Waals surface area contributed by atoms with Crippen LogP contribution in [-0.2, 0) is 14.3 Å². The molecule has 0 radical (unpaired) electrons. The van der Waals surface area contributed by atoms with E-state index in [0.29, 0.717) is 42.8 Å². The topological polar surface area (TPSA) is 127 Å². The fourth-order valence-corrected chi connectivity index (χ4v) is 3.17. The molecule has 2 rings (SSSR count). The summed E-state index contributed by atoms with van der Waals surface area (Å²) in [5.74, 6) is -0.194. The summed E-state index contributed by atoms with van der Waals surface area (Å²) in [6.45, 7) is 6.05. The lowest BCUT2D eigenvalue weighted by molar-refractivity contribution is -0.146. The quantitative estimate of drug-likeness (QED) is 0.395. The largest absolute Gasteiger partial charge is 0.494 e. The summed E-state index contributed by atoms with van der Waals surface area (Å²) >= 11 is 0. The third-order valence-corrected chi connectivity index (χ3v) is 4.76. The number of nitrogens with one attached hydrogen (secondary N) is 1. The molecule has 0 aliphatic rings. The van der Waals surface area contributed by atoms with Gasteiger partial charge < -0.3 is 29.2 Å². The molecule has 1 N–H and O–H groups in total. The second kappa shape index (κ2) is 14.9. The third-order valence-electron chi connectivity index (χ3n) is 4.76. The van der Waals surface area contributed by atoms with E-state index >= 15 is 0 Å². The van der Waals surface area contributed by atoms with Gasteiger partial charge in [-0.2, -0.15) is 5.26 Å². The van der Waals surface area contributed by atoms with E-state index in [-0.39, 0.29) is 18.5 Å². The highest BCUT2D eigenvalue weighted by Crippen LogP contribution is 2.28. The molecule has 0 heterocycles. The number of carbonyl (C=O) groups excluding carboxylic acids is 3. The Morgan fingerprint density at radius 2 is 1.58 bits per heavy atom. The maximum Gasteiger partial charge on any atom is 0.325 e. The van der Waals surface area contributed by atoms with E-state index in [0.717, 1.165) is 0 Å². The maximum absolute atomic E-state index is 12.7. The number of benzene rings is 2. The molecule has 0 atom stereocenters. The molecule has 2 amide bonds. The van der Waals surface area contributed by atoms with E-state index in [1.807, 2.05) is 26.8 Å². The van der Waals surface area contributed by atoms with Crippen molar-refractivity contribution >= 4 is 23.5 Å². The summed E-state index contributed by atoms with van der Waals surface area (Å²) in [6.07, 6.45) is 0.106. The van der Waals surface area contributed by atoms with E-state index in [2.05, 4.69) is 5.32 Å². The monoisotopic (exact) mass is 497 g/mol. The van der Waals surface area contributed by atoms with E-state index < -0.39 is 30.9 Å². The Morgan fingerprint density at radius 1 is 0.917 bits per heavy atom. The van der Waals surface area contributed by atoms with Crippen LogP contribution in [0.15, 0.2) is 42.5 Å². The normalized spacial score (nSPS) is 10.1. The van der Waals surface area contributed by atoms with Crippen molar-refractivity contribution in [1.29, 1.82) is 5.26 Å². The Kier molecular flexibility index (Phi) is 11.6. The zero-order chi connectivity index (χ0) is 26.3. The minimum atomic E-state index is -0.778. The van der Waals surface area contributed by atoms with Crippen LogP contribution in [0.2, 0.25) is 0 Å². The van der Waals surface area contributed by atoms with E-state index in [4.69, 9.17) is 24.2 Å². The first kappa shape index (κ1) is 28.0. The predicted octanol–water partition coefficient (Wildman–Crippen LogP) is 3.10. The summed E-state index contributed by atoms with van der Waals surface area (Å²) in [7, 11) is 0. The third kappa shape index (κ3) is 8.51. The summed E-state index contributed by atoms with van der Waals surface area (Å²) in [6, 6.07) is 13.5. The van der Waals surface area contributed by atoms with Crippen LogP contribution in [0.4, 0.5) is 5.69 Å². The van der Waals surface area contributed by atoms with Crippen LogP contribution < -0.4 is 24.4 Å².